The fourth-order valence-electron chi connectivity index (χ4n) is 2.13. The number of ether oxygens (including phenoxy) is 1. The molecule has 0 saturated carbocycles. The molecule has 1 aliphatic heterocycles. The van der Waals surface area contributed by atoms with Crippen molar-refractivity contribution >= 4 is 10.9 Å². The quantitative estimate of drug-likeness (QED) is 0.820. The molecule has 1 aromatic heterocycles. The second-order valence-corrected chi connectivity index (χ2v) is 4.26. The SMILES string of the molecule is c1cc(OCC2CCNC2)c2[nH]ncc2c1. The van der Waals surface area contributed by atoms with E-state index in [4.69, 9.17) is 4.74 Å². The molecule has 2 heterocycles. The first-order chi connectivity index (χ1) is 7.93. The third kappa shape index (κ3) is 1.76. The second-order valence-electron chi connectivity index (χ2n) is 4.26. The first-order valence-corrected chi connectivity index (χ1v) is 5.69. The Morgan fingerprint density at radius 3 is 3.31 bits per heavy atom. The Hall–Kier alpha value is -1.55. The van der Waals surface area contributed by atoms with Crippen molar-refractivity contribution in [2.45, 2.75) is 6.42 Å². The predicted molar refractivity (Wildman–Crippen MR) is 62.6 cm³/mol. The molecule has 1 aromatic carbocycles. The summed E-state index contributed by atoms with van der Waals surface area (Å²) < 4.78 is 5.85. The number of aromatic nitrogens is 2. The lowest BCUT2D eigenvalue weighted by molar-refractivity contribution is 0.262. The first kappa shape index (κ1) is 9.66. The summed E-state index contributed by atoms with van der Waals surface area (Å²) in [6, 6.07) is 6.02. The summed E-state index contributed by atoms with van der Waals surface area (Å²) in [4.78, 5) is 0. The van der Waals surface area contributed by atoms with Crippen molar-refractivity contribution in [1.82, 2.24) is 15.5 Å². The van der Waals surface area contributed by atoms with Crippen LogP contribution in [0, 0.1) is 5.92 Å². The maximum absolute atomic E-state index is 5.85. The van der Waals surface area contributed by atoms with Crippen LogP contribution in [0.15, 0.2) is 24.4 Å². The van der Waals surface area contributed by atoms with Crippen LogP contribution in [0.4, 0.5) is 0 Å². The van der Waals surface area contributed by atoms with E-state index in [-0.39, 0.29) is 0 Å². The number of benzene rings is 1. The molecule has 0 bridgehead atoms. The molecule has 0 radical (unpaired) electrons. The minimum atomic E-state index is 0.637. The number of para-hydroxylation sites is 1. The fraction of sp³-hybridized carbons (Fsp3) is 0.417. The number of H-pyrrole nitrogens is 1. The van der Waals surface area contributed by atoms with E-state index in [2.05, 4.69) is 15.5 Å². The van der Waals surface area contributed by atoms with Gasteiger partial charge in [0.2, 0.25) is 0 Å². The van der Waals surface area contributed by atoms with Crippen molar-refractivity contribution < 1.29 is 4.74 Å². The number of hydrogen-bond donors (Lipinski definition) is 2. The monoisotopic (exact) mass is 217 g/mol. The number of aromatic amines is 1. The molecule has 4 nitrogen and oxygen atoms in total. The Labute approximate surface area is 94.0 Å². The van der Waals surface area contributed by atoms with E-state index in [9.17, 15) is 0 Å². The van der Waals surface area contributed by atoms with Gasteiger partial charge in [-0.05, 0) is 19.0 Å². The molecule has 2 N–H and O–H groups in total. The van der Waals surface area contributed by atoms with Crippen LogP contribution in [0.1, 0.15) is 6.42 Å². The third-order valence-corrected chi connectivity index (χ3v) is 3.08. The molecule has 1 aliphatic rings. The van der Waals surface area contributed by atoms with Crippen LogP contribution in [0.25, 0.3) is 10.9 Å². The van der Waals surface area contributed by atoms with Gasteiger partial charge < -0.3 is 10.1 Å². The summed E-state index contributed by atoms with van der Waals surface area (Å²) in [6.45, 7) is 2.96. The van der Waals surface area contributed by atoms with Gasteiger partial charge in [0.05, 0.1) is 12.8 Å². The maximum atomic E-state index is 5.85. The van der Waals surface area contributed by atoms with E-state index in [1.165, 1.54) is 6.42 Å². The standard InChI is InChI=1S/C12H15N3O/c1-2-10-7-14-15-12(10)11(3-1)16-8-9-4-5-13-6-9/h1-3,7,9,13H,4-6,8H2,(H,14,15). The van der Waals surface area contributed by atoms with Crippen LogP contribution in [-0.2, 0) is 0 Å². The van der Waals surface area contributed by atoms with Gasteiger partial charge in [0, 0.05) is 17.8 Å². The van der Waals surface area contributed by atoms with Crippen molar-refractivity contribution in [3.8, 4) is 5.75 Å². The van der Waals surface area contributed by atoms with Gasteiger partial charge in [-0.2, -0.15) is 5.10 Å². The summed E-state index contributed by atoms with van der Waals surface area (Å²) in [5.74, 6) is 1.54. The van der Waals surface area contributed by atoms with E-state index < -0.39 is 0 Å². The number of hydrogen-bond acceptors (Lipinski definition) is 3. The zero-order valence-electron chi connectivity index (χ0n) is 9.07. The molecule has 16 heavy (non-hydrogen) atoms. The van der Waals surface area contributed by atoms with E-state index in [0.29, 0.717) is 5.92 Å². The van der Waals surface area contributed by atoms with Crippen molar-refractivity contribution in [3.05, 3.63) is 24.4 Å². The Balaban J connectivity index is 1.75. The predicted octanol–water partition coefficient (Wildman–Crippen LogP) is 1.55. The van der Waals surface area contributed by atoms with E-state index in [0.717, 1.165) is 36.3 Å². The highest BCUT2D eigenvalue weighted by Gasteiger charge is 2.15. The minimum absolute atomic E-state index is 0.637. The summed E-state index contributed by atoms with van der Waals surface area (Å²) in [7, 11) is 0. The van der Waals surface area contributed by atoms with Gasteiger partial charge in [0.1, 0.15) is 11.3 Å². The molecule has 3 rings (SSSR count). The van der Waals surface area contributed by atoms with Crippen molar-refractivity contribution in [2.75, 3.05) is 19.7 Å². The van der Waals surface area contributed by atoms with Gasteiger partial charge in [-0.3, -0.25) is 5.10 Å². The minimum Gasteiger partial charge on any atom is -0.491 e. The highest BCUT2D eigenvalue weighted by molar-refractivity contribution is 5.83. The lowest BCUT2D eigenvalue weighted by Gasteiger charge is -2.11. The van der Waals surface area contributed by atoms with E-state index in [1.807, 2.05) is 24.4 Å². The number of rotatable bonds is 3. The van der Waals surface area contributed by atoms with Crippen molar-refractivity contribution in [1.29, 1.82) is 0 Å². The Kier molecular flexibility index (Phi) is 2.50. The molecule has 1 atom stereocenters. The molecule has 84 valence electrons. The van der Waals surface area contributed by atoms with Gasteiger partial charge in [-0.15, -0.1) is 0 Å². The van der Waals surface area contributed by atoms with Crippen LogP contribution in [0.3, 0.4) is 0 Å². The van der Waals surface area contributed by atoms with Gasteiger partial charge >= 0.3 is 0 Å². The van der Waals surface area contributed by atoms with Crippen LogP contribution in [0.5, 0.6) is 5.75 Å². The molecular weight excluding hydrogens is 202 g/mol. The number of nitrogens with one attached hydrogen (secondary N) is 2. The molecule has 1 saturated heterocycles. The average molecular weight is 217 g/mol. The van der Waals surface area contributed by atoms with Gasteiger partial charge in [-0.1, -0.05) is 12.1 Å². The molecule has 2 aromatic rings. The lowest BCUT2D eigenvalue weighted by atomic mass is 10.1. The zero-order chi connectivity index (χ0) is 10.8. The van der Waals surface area contributed by atoms with Crippen molar-refractivity contribution in [3.63, 3.8) is 0 Å². The summed E-state index contributed by atoms with van der Waals surface area (Å²) in [5, 5.41) is 11.4. The van der Waals surface area contributed by atoms with Crippen LogP contribution < -0.4 is 10.1 Å². The van der Waals surface area contributed by atoms with Gasteiger partial charge in [-0.25, -0.2) is 0 Å². The highest BCUT2D eigenvalue weighted by Crippen LogP contribution is 2.23. The van der Waals surface area contributed by atoms with E-state index >= 15 is 0 Å². The van der Waals surface area contributed by atoms with Gasteiger partial charge in [0.15, 0.2) is 0 Å². The Morgan fingerprint density at radius 2 is 2.44 bits per heavy atom. The normalized spacial score (nSPS) is 20.4. The molecule has 1 unspecified atom stereocenters. The molecule has 4 heteroatoms. The van der Waals surface area contributed by atoms with Gasteiger partial charge in [0.25, 0.3) is 0 Å². The maximum Gasteiger partial charge on any atom is 0.144 e. The Morgan fingerprint density at radius 1 is 1.44 bits per heavy atom. The second kappa shape index (κ2) is 4.14. The third-order valence-electron chi connectivity index (χ3n) is 3.08. The van der Waals surface area contributed by atoms with Crippen LogP contribution in [-0.4, -0.2) is 29.9 Å². The van der Waals surface area contributed by atoms with Crippen LogP contribution >= 0.6 is 0 Å². The topological polar surface area (TPSA) is 49.9 Å². The van der Waals surface area contributed by atoms with Crippen molar-refractivity contribution in [2.24, 2.45) is 5.92 Å². The summed E-state index contributed by atoms with van der Waals surface area (Å²) in [6.07, 6.45) is 3.03. The fourth-order valence-corrected chi connectivity index (χ4v) is 2.13. The molecule has 1 fully saturated rings. The summed E-state index contributed by atoms with van der Waals surface area (Å²) >= 11 is 0. The Bertz CT molecular complexity index is 474. The summed E-state index contributed by atoms with van der Waals surface area (Å²) in [5.41, 5.74) is 0.994. The first-order valence-electron chi connectivity index (χ1n) is 5.69. The molecule has 0 aliphatic carbocycles. The lowest BCUT2D eigenvalue weighted by Crippen LogP contribution is -2.15. The smallest absolute Gasteiger partial charge is 0.144 e. The largest absolute Gasteiger partial charge is 0.491 e. The molecule has 0 amide bonds. The average Bonchev–Trinajstić information content (AvgIpc) is 2.97. The van der Waals surface area contributed by atoms with Crippen LogP contribution in [0.2, 0.25) is 0 Å². The molecular formula is C12H15N3O. The number of fused-ring (bicyclic) bond motifs is 1. The molecule has 0 spiro atoms. The number of nitrogens with zero attached hydrogens (tertiary/aromatic N) is 1. The zero-order valence-corrected chi connectivity index (χ0v) is 9.07. The van der Waals surface area contributed by atoms with E-state index in [1.54, 1.807) is 0 Å². The highest BCUT2D eigenvalue weighted by atomic mass is 16.5.